The zero-order valence-electron chi connectivity index (χ0n) is 11.1. The van der Waals surface area contributed by atoms with Crippen LogP contribution in [0.3, 0.4) is 0 Å². The minimum Gasteiger partial charge on any atom is -0.463 e. The Labute approximate surface area is 120 Å². The van der Waals surface area contributed by atoms with E-state index in [1.807, 2.05) is 12.1 Å². The highest BCUT2D eigenvalue weighted by atomic mass is 16.3. The fraction of sp³-hybridized carbons (Fsp3) is 0.0625. The summed E-state index contributed by atoms with van der Waals surface area (Å²) in [6, 6.07) is 15.9. The molecule has 0 aliphatic rings. The summed E-state index contributed by atoms with van der Waals surface area (Å²) < 4.78 is 6.61. The number of hydrogen-bond acceptors (Lipinski definition) is 4. The van der Waals surface area contributed by atoms with Gasteiger partial charge in [-0.15, -0.1) is 0 Å². The van der Waals surface area contributed by atoms with Crippen LogP contribution in [0.4, 0.5) is 0 Å². The Balaban J connectivity index is 2.01. The van der Waals surface area contributed by atoms with Crippen LogP contribution in [-0.2, 0) is 6.54 Å². The van der Waals surface area contributed by atoms with Gasteiger partial charge in [0.1, 0.15) is 5.69 Å². The Bertz CT molecular complexity index is 858. The van der Waals surface area contributed by atoms with E-state index in [1.165, 1.54) is 10.7 Å². The molecule has 0 saturated carbocycles. The molecule has 0 bridgehead atoms. The number of furan rings is 1. The molecule has 0 aliphatic carbocycles. The molecule has 3 aromatic rings. The molecule has 0 aliphatic heterocycles. The van der Waals surface area contributed by atoms with Gasteiger partial charge in [0.15, 0.2) is 5.76 Å². The molecule has 0 radical (unpaired) electrons. The van der Waals surface area contributed by atoms with E-state index in [4.69, 9.17) is 9.68 Å². The maximum absolute atomic E-state index is 11.9. The molecule has 0 unspecified atom stereocenters. The lowest BCUT2D eigenvalue weighted by molar-refractivity contribution is 0.569. The second-order valence-corrected chi connectivity index (χ2v) is 4.46. The lowest BCUT2D eigenvalue weighted by atomic mass is 10.1. The van der Waals surface area contributed by atoms with Crippen LogP contribution in [0.1, 0.15) is 11.1 Å². The van der Waals surface area contributed by atoms with Gasteiger partial charge >= 0.3 is 0 Å². The summed E-state index contributed by atoms with van der Waals surface area (Å²) in [5.41, 5.74) is 1.65. The lowest BCUT2D eigenvalue weighted by Gasteiger charge is -2.07. The fourth-order valence-corrected chi connectivity index (χ4v) is 2.05. The molecule has 0 fully saturated rings. The van der Waals surface area contributed by atoms with Crippen molar-refractivity contribution in [2.75, 3.05) is 0 Å². The summed E-state index contributed by atoms with van der Waals surface area (Å²) in [5, 5.41) is 13.4. The Hall–Kier alpha value is -3.13. The summed E-state index contributed by atoms with van der Waals surface area (Å²) in [6.45, 7) is 0.247. The summed E-state index contributed by atoms with van der Waals surface area (Å²) in [4.78, 5) is 11.9. The van der Waals surface area contributed by atoms with Gasteiger partial charge in [0.2, 0.25) is 0 Å². The maximum Gasteiger partial charge on any atom is 0.267 e. The van der Waals surface area contributed by atoms with Gasteiger partial charge < -0.3 is 4.42 Å². The van der Waals surface area contributed by atoms with Crippen LogP contribution in [-0.4, -0.2) is 9.78 Å². The molecule has 0 amide bonds. The molecule has 21 heavy (non-hydrogen) atoms. The highest BCUT2D eigenvalue weighted by Crippen LogP contribution is 2.15. The van der Waals surface area contributed by atoms with Gasteiger partial charge in [-0.3, -0.25) is 4.79 Å². The van der Waals surface area contributed by atoms with Gasteiger partial charge in [-0.25, -0.2) is 4.68 Å². The normalized spacial score (nSPS) is 10.2. The molecule has 2 aromatic heterocycles. The van der Waals surface area contributed by atoms with Crippen molar-refractivity contribution >= 4 is 0 Å². The van der Waals surface area contributed by atoms with Crippen molar-refractivity contribution in [3.63, 3.8) is 0 Å². The first kappa shape index (κ1) is 12.9. The predicted octanol–water partition coefficient (Wildman–Crippen LogP) is 2.42. The van der Waals surface area contributed by atoms with Crippen molar-refractivity contribution in [2.45, 2.75) is 6.54 Å². The molecule has 3 rings (SSSR count). The highest BCUT2D eigenvalue weighted by molar-refractivity contribution is 5.50. The molecule has 0 N–H and O–H groups in total. The summed E-state index contributed by atoms with van der Waals surface area (Å²) >= 11 is 0. The average Bonchev–Trinajstić information content (AvgIpc) is 3.04. The van der Waals surface area contributed by atoms with E-state index in [9.17, 15) is 4.79 Å². The third-order valence-electron chi connectivity index (χ3n) is 3.10. The van der Waals surface area contributed by atoms with Crippen molar-refractivity contribution in [1.82, 2.24) is 9.78 Å². The van der Waals surface area contributed by atoms with E-state index < -0.39 is 0 Å². The SMILES string of the molecule is N#Cc1ccccc1Cn1nc(-c2ccco2)ccc1=O. The fourth-order valence-electron chi connectivity index (χ4n) is 2.05. The lowest BCUT2D eigenvalue weighted by Crippen LogP contribution is -2.23. The van der Waals surface area contributed by atoms with Gasteiger partial charge in [0, 0.05) is 6.07 Å². The van der Waals surface area contributed by atoms with E-state index in [0.29, 0.717) is 17.0 Å². The van der Waals surface area contributed by atoms with Gasteiger partial charge in [0.25, 0.3) is 5.56 Å². The zero-order valence-corrected chi connectivity index (χ0v) is 11.1. The van der Waals surface area contributed by atoms with E-state index in [1.54, 1.807) is 36.6 Å². The molecule has 1 aromatic carbocycles. The number of nitriles is 1. The van der Waals surface area contributed by atoms with Gasteiger partial charge in [-0.1, -0.05) is 18.2 Å². The second-order valence-electron chi connectivity index (χ2n) is 4.46. The average molecular weight is 277 g/mol. The van der Waals surface area contributed by atoms with Crippen LogP contribution in [0.15, 0.2) is 64.0 Å². The number of rotatable bonds is 3. The van der Waals surface area contributed by atoms with Crippen LogP contribution in [0.25, 0.3) is 11.5 Å². The Morgan fingerprint density at radius 2 is 2.00 bits per heavy atom. The smallest absolute Gasteiger partial charge is 0.267 e. The number of aromatic nitrogens is 2. The van der Waals surface area contributed by atoms with Crippen LogP contribution in [0.2, 0.25) is 0 Å². The quantitative estimate of drug-likeness (QED) is 0.737. The molecule has 0 saturated heterocycles. The monoisotopic (exact) mass is 277 g/mol. The van der Waals surface area contributed by atoms with E-state index in [2.05, 4.69) is 11.2 Å². The van der Waals surface area contributed by atoms with Crippen LogP contribution in [0, 0.1) is 11.3 Å². The van der Waals surface area contributed by atoms with Crippen molar-refractivity contribution in [3.8, 4) is 17.5 Å². The topological polar surface area (TPSA) is 71.8 Å². The number of nitrogens with zero attached hydrogens (tertiary/aromatic N) is 3. The minimum atomic E-state index is -0.224. The standard InChI is InChI=1S/C16H11N3O2/c17-10-12-4-1-2-5-13(12)11-19-16(20)8-7-14(18-19)15-6-3-9-21-15/h1-9H,11H2. The van der Waals surface area contributed by atoms with Gasteiger partial charge in [-0.05, 0) is 29.8 Å². The molecule has 5 nitrogen and oxygen atoms in total. The van der Waals surface area contributed by atoms with Crippen LogP contribution >= 0.6 is 0 Å². The highest BCUT2D eigenvalue weighted by Gasteiger charge is 2.08. The van der Waals surface area contributed by atoms with Crippen LogP contribution < -0.4 is 5.56 Å². The third-order valence-corrected chi connectivity index (χ3v) is 3.10. The van der Waals surface area contributed by atoms with Gasteiger partial charge in [0.05, 0.1) is 24.4 Å². The van der Waals surface area contributed by atoms with Crippen molar-refractivity contribution in [3.05, 3.63) is 76.3 Å². The van der Waals surface area contributed by atoms with Crippen molar-refractivity contribution in [2.24, 2.45) is 0 Å². The third kappa shape index (κ3) is 2.60. The molecular formula is C16H11N3O2. The molecule has 0 atom stereocenters. The van der Waals surface area contributed by atoms with Crippen molar-refractivity contribution < 1.29 is 4.42 Å². The summed E-state index contributed by atoms with van der Waals surface area (Å²) in [5.74, 6) is 0.595. The maximum atomic E-state index is 11.9. The minimum absolute atomic E-state index is 0.224. The predicted molar refractivity (Wildman–Crippen MR) is 76.5 cm³/mol. The largest absolute Gasteiger partial charge is 0.463 e. The van der Waals surface area contributed by atoms with E-state index in [0.717, 1.165) is 5.56 Å². The molecule has 102 valence electrons. The first-order valence-corrected chi connectivity index (χ1v) is 6.38. The van der Waals surface area contributed by atoms with E-state index in [-0.39, 0.29) is 12.1 Å². The first-order chi connectivity index (χ1) is 10.3. The Morgan fingerprint density at radius 1 is 1.14 bits per heavy atom. The van der Waals surface area contributed by atoms with Crippen molar-refractivity contribution in [1.29, 1.82) is 5.26 Å². The summed E-state index contributed by atoms with van der Waals surface area (Å²) in [7, 11) is 0. The summed E-state index contributed by atoms with van der Waals surface area (Å²) in [6.07, 6.45) is 1.55. The van der Waals surface area contributed by atoms with E-state index >= 15 is 0 Å². The molecular weight excluding hydrogens is 266 g/mol. The van der Waals surface area contributed by atoms with Crippen LogP contribution in [0.5, 0.6) is 0 Å². The Kier molecular flexibility index (Phi) is 3.36. The first-order valence-electron chi connectivity index (χ1n) is 6.38. The zero-order chi connectivity index (χ0) is 14.7. The number of hydrogen-bond donors (Lipinski definition) is 0. The van der Waals surface area contributed by atoms with Gasteiger partial charge in [-0.2, -0.15) is 10.4 Å². The molecule has 2 heterocycles. The second kappa shape index (κ2) is 5.47. The Morgan fingerprint density at radius 3 is 2.76 bits per heavy atom. The molecule has 0 spiro atoms. The molecule has 5 heteroatoms. The number of benzene rings is 1.